The number of hydrogen-bond acceptors (Lipinski definition) is 9. The summed E-state index contributed by atoms with van der Waals surface area (Å²) in [6.07, 6.45) is 4.88. The van der Waals surface area contributed by atoms with Gasteiger partial charge in [0.05, 0.1) is 34.9 Å². The topological polar surface area (TPSA) is 116 Å². The lowest BCUT2D eigenvalue weighted by Crippen LogP contribution is -2.45. The van der Waals surface area contributed by atoms with Gasteiger partial charge in [-0.15, -0.1) is 0 Å². The average Bonchev–Trinajstić information content (AvgIpc) is 3.53. The van der Waals surface area contributed by atoms with Crippen molar-refractivity contribution in [1.82, 2.24) is 19.9 Å². The summed E-state index contributed by atoms with van der Waals surface area (Å²) < 4.78 is 5.44. The second kappa shape index (κ2) is 9.37. The maximum absolute atomic E-state index is 13.7. The molecule has 3 aromatic rings. The van der Waals surface area contributed by atoms with Gasteiger partial charge in [-0.3, -0.25) is 9.79 Å². The van der Waals surface area contributed by atoms with Gasteiger partial charge in [0.15, 0.2) is 16.5 Å². The number of nitriles is 1. The molecule has 1 unspecified atom stereocenters. The molecule has 176 valence electrons. The second-order valence-electron chi connectivity index (χ2n) is 8.09. The van der Waals surface area contributed by atoms with Gasteiger partial charge in [-0.25, -0.2) is 15.0 Å². The molecular weight excluding hydrogens is 462 g/mol. The number of nitrogens with zero attached hydrogens (tertiary/aromatic N) is 6. The molecule has 1 atom stereocenters. The van der Waals surface area contributed by atoms with Crippen molar-refractivity contribution in [3.63, 3.8) is 0 Å². The third kappa shape index (κ3) is 3.88. The van der Waals surface area contributed by atoms with Gasteiger partial charge < -0.3 is 15.0 Å². The lowest BCUT2D eigenvalue weighted by molar-refractivity contribution is -0.131. The number of aliphatic imine (C=N–C) groups is 1. The summed E-state index contributed by atoms with van der Waals surface area (Å²) in [4.78, 5) is 35.1. The van der Waals surface area contributed by atoms with Crippen LogP contribution in [0.1, 0.15) is 22.6 Å². The largest absolute Gasteiger partial charge is 0.378 e. The van der Waals surface area contributed by atoms with E-state index in [2.05, 4.69) is 21.4 Å². The van der Waals surface area contributed by atoms with Crippen LogP contribution in [0, 0.1) is 18.3 Å². The van der Waals surface area contributed by atoms with Gasteiger partial charge in [0.2, 0.25) is 0 Å². The van der Waals surface area contributed by atoms with Gasteiger partial charge >= 0.3 is 0 Å². The molecule has 5 rings (SSSR count). The highest BCUT2D eigenvalue weighted by Gasteiger charge is 2.47. The molecule has 0 aliphatic carbocycles. The number of rotatable bonds is 5. The first-order valence-corrected chi connectivity index (χ1v) is 12.0. The Bertz CT molecular complexity index is 1370. The Balaban J connectivity index is 1.70. The van der Waals surface area contributed by atoms with E-state index in [-0.39, 0.29) is 5.91 Å². The van der Waals surface area contributed by atoms with Crippen LogP contribution in [0.4, 0.5) is 5.13 Å². The van der Waals surface area contributed by atoms with Crippen LogP contribution in [-0.4, -0.2) is 65.3 Å². The first kappa shape index (κ1) is 22.8. The number of thiazole rings is 1. The molecule has 0 radical (unpaired) electrons. The molecule has 35 heavy (non-hydrogen) atoms. The van der Waals surface area contributed by atoms with Crippen LogP contribution in [0.5, 0.6) is 0 Å². The minimum absolute atomic E-state index is 0.129. The SMILES string of the molecule is CNc1nc(C)c(-c2nc(C3(c4ccccc4)N=CC=C3C(=O)N3CCOCC3)ncc2C#N)s1. The number of hydrogen-bond donors (Lipinski definition) is 1. The average molecular weight is 486 g/mol. The molecule has 0 spiro atoms. The Labute approximate surface area is 206 Å². The van der Waals surface area contributed by atoms with Crippen LogP contribution in [0.3, 0.4) is 0 Å². The summed E-state index contributed by atoms with van der Waals surface area (Å²) in [5, 5.41) is 13.6. The summed E-state index contributed by atoms with van der Waals surface area (Å²) in [6, 6.07) is 11.7. The summed E-state index contributed by atoms with van der Waals surface area (Å²) >= 11 is 1.41. The summed E-state index contributed by atoms with van der Waals surface area (Å²) in [7, 11) is 1.80. The van der Waals surface area contributed by atoms with E-state index in [0.717, 1.165) is 21.3 Å². The third-order valence-corrected chi connectivity index (χ3v) is 7.26. The van der Waals surface area contributed by atoms with Crippen LogP contribution in [0.2, 0.25) is 0 Å². The van der Waals surface area contributed by atoms with E-state index in [0.29, 0.717) is 49.0 Å². The quantitative estimate of drug-likeness (QED) is 0.591. The van der Waals surface area contributed by atoms with Crippen molar-refractivity contribution < 1.29 is 9.53 Å². The van der Waals surface area contributed by atoms with Crippen LogP contribution >= 0.6 is 11.3 Å². The van der Waals surface area contributed by atoms with E-state index in [9.17, 15) is 10.1 Å². The molecule has 1 fully saturated rings. The minimum atomic E-state index is -1.23. The zero-order valence-electron chi connectivity index (χ0n) is 19.4. The number of carbonyl (C=O) groups is 1. The Kier molecular flexibility index (Phi) is 6.11. The highest BCUT2D eigenvalue weighted by atomic mass is 32.1. The van der Waals surface area contributed by atoms with Crippen LogP contribution < -0.4 is 5.32 Å². The van der Waals surface area contributed by atoms with E-state index < -0.39 is 5.54 Å². The predicted octanol–water partition coefficient (Wildman–Crippen LogP) is 2.94. The van der Waals surface area contributed by atoms with Crippen molar-refractivity contribution in [3.8, 4) is 16.6 Å². The molecule has 1 saturated heterocycles. The molecule has 1 N–H and O–H groups in total. The maximum atomic E-state index is 13.7. The number of aryl methyl sites for hydroxylation is 1. The van der Waals surface area contributed by atoms with E-state index in [1.807, 2.05) is 37.3 Å². The van der Waals surface area contributed by atoms with Crippen molar-refractivity contribution in [1.29, 1.82) is 5.26 Å². The Hall–Kier alpha value is -3.94. The first-order chi connectivity index (χ1) is 17.1. The number of benzene rings is 1. The van der Waals surface area contributed by atoms with Crippen molar-refractivity contribution in [2.24, 2.45) is 4.99 Å². The highest BCUT2D eigenvalue weighted by Crippen LogP contribution is 2.43. The molecule has 1 aromatic carbocycles. The number of allylic oxidation sites excluding steroid dienone is 1. The van der Waals surface area contributed by atoms with Crippen molar-refractivity contribution in [2.75, 3.05) is 38.7 Å². The molecule has 2 aliphatic rings. The van der Waals surface area contributed by atoms with E-state index in [1.165, 1.54) is 17.5 Å². The zero-order chi connectivity index (χ0) is 24.4. The minimum Gasteiger partial charge on any atom is -0.378 e. The van der Waals surface area contributed by atoms with E-state index in [4.69, 9.17) is 14.7 Å². The molecule has 0 saturated carbocycles. The Morgan fingerprint density at radius 3 is 2.69 bits per heavy atom. The highest BCUT2D eigenvalue weighted by molar-refractivity contribution is 7.19. The molecule has 0 bridgehead atoms. The number of ether oxygens (including phenoxy) is 1. The van der Waals surface area contributed by atoms with Gasteiger partial charge in [0.25, 0.3) is 5.91 Å². The summed E-state index contributed by atoms with van der Waals surface area (Å²) in [5.74, 6) is 0.203. The standard InChI is InChI=1S/C25H23N7O2S/c1-16-21(35-24(27-2)30-16)20-17(14-26)15-28-23(31-20)25(18-6-4-3-5-7-18)19(8-9-29-25)22(33)32-10-12-34-13-11-32/h3-9,15H,10-13H2,1-2H3,(H,27,30). The molecule has 2 aromatic heterocycles. The molecule has 10 heteroatoms. The molecule has 2 aliphatic heterocycles. The Morgan fingerprint density at radius 2 is 2.00 bits per heavy atom. The summed E-state index contributed by atoms with van der Waals surface area (Å²) in [6.45, 7) is 3.88. The number of carbonyl (C=O) groups excluding carboxylic acids is 1. The van der Waals surface area contributed by atoms with Crippen molar-refractivity contribution in [3.05, 3.63) is 70.8 Å². The van der Waals surface area contributed by atoms with E-state index in [1.54, 1.807) is 24.2 Å². The normalized spacial score (nSPS) is 19.3. The monoisotopic (exact) mass is 485 g/mol. The lowest BCUT2D eigenvalue weighted by atomic mass is 9.82. The smallest absolute Gasteiger partial charge is 0.253 e. The third-order valence-electron chi connectivity index (χ3n) is 6.08. The van der Waals surface area contributed by atoms with Gasteiger partial charge in [0, 0.05) is 32.5 Å². The first-order valence-electron chi connectivity index (χ1n) is 11.2. The lowest BCUT2D eigenvalue weighted by Gasteiger charge is -2.33. The van der Waals surface area contributed by atoms with Crippen molar-refractivity contribution in [2.45, 2.75) is 12.5 Å². The number of nitrogens with one attached hydrogen (secondary N) is 1. The molecule has 4 heterocycles. The fourth-order valence-electron chi connectivity index (χ4n) is 4.33. The molecule has 1 amide bonds. The van der Waals surface area contributed by atoms with Gasteiger partial charge in [0.1, 0.15) is 11.8 Å². The van der Waals surface area contributed by atoms with Crippen LogP contribution in [0.15, 0.2) is 53.2 Å². The number of anilines is 1. The zero-order valence-corrected chi connectivity index (χ0v) is 20.2. The summed E-state index contributed by atoms with van der Waals surface area (Å²) in [5.41, 5.74) is 1.57. The van der Waals surface area contributed by atoms with Gasteiger partial charge in [-0.2, -0.15) is 5.26 Å². The van der Waals surface area contributed by atoms with Crippen LogP contribution in [-0.2, 0) is 15.1 Å². The predicted molar refractivity (Wildman–Crippen MR) is 133 cm³/mol. The second-order valence-corrected chi connectivity index (χ2v) is 9.09. The van der Waals surface area contributed by atoms with Crippen molar-refractivity contribution >= 4 is 28.6 Å². The Morgan fingerprint density at radius 1 is 1.23 bits per heavy atom. The van der Waals surface area contributed by atoms with Gasteiger partial charge in [-0.1, -0.05) is 41.7 Å². The fraction of sp³-hybridized carbons (Fsp3) is 0.280. The molecule has 9 nitrogen and oxygen atoms in total. The van der Waals surface area contributed by atoms with Crippen LogP contribution in [0.25, 0.3) is 10.6 Å². The van der Waals surface area contributed by atoms with E-state index >= 15 is 0 Å². The van der Waals surface area contributed by atoms with Gasteiger partial charge in [-0.05, 0) is 18.6 Å². The number of aromatic nitrogens is 3. The number of amides is 1. The maximum Gasteiger partial charge on any atom is 0.253 e. The molecular formula is C25H23N7O2S. The fourth-order valence-corrected chi connectivity index (χ4v) is 5.25. The number of morpholine rings is 1.